The molecule has 2 rings (SSSR count). The van der Waals surface area contributed by atoms with Crippen LogP contribution in [0.3, 0.4) is 0 Å². The average Bonchev–Trinajstić information content (AvgIpc) is 2.53. The van der Waals surface area contributed by atoms with Crippen molar-refractivity contribution in [2.75, 3.05) is 13.7 Å². The molecule has 0 bridgehead atoms. The lowest BCUT2D eigenvalue weighted by atomic mass is 9.99. The number of ether oxygens (including phenoxy) is 2. The number of rotatable bonds is 5. The molecule has 3 heteroatoms. The third-order valence-electron chi connectivity index (χ3n) is 3.03. The van der Waals surface area contributed by atoms with Gasteiger partial charge in [-0.05, 0) is 41.8 Å². The maximum atomic E-state index is 11.5. The van der Waals surface area contributed by atoms with E-state index in [0.717, 1.165) is 22.4 Å². The molecule has 0 aliphatic heterocycles. The van der Waals surface area contributed by atoms with Gasteiger partial charge in [0, 0.05) is 6.08 Å². The van der Waals surface area contributed by atoms with Crippen molar-refractivity contribution in [3.63, 3.8) is 0 Å². The average molecular weight is 282 g/mol. The molecule has 2 aromatic rings. The highest BCUT2D eigenvalue weighted by Crippen LogP contribution is 2.28. The first-order valence-electron chi connectivity index (χ1n) is 6.83. The largest absolute Gasteiger partial charge is 0.497 e. The fraction of sp³-hybridized carbons (Fsp3) is 0.167. The molecule has 0 aromatic heterocycles. The molecule has 0 atom stereocenters. The van der Waals surface area contributed by atoms with Gasteiger partial charge < -0.3 is 9.47 Å². The molecule has 0 spiro atoms. The molecule has 0 N–H and O–H groups in total. The number of esters is 1. The standard InChI is InChI=1S/C18H18O3/c1-3-21-18(19)12-9-15-13-16(20-2)10-11-17(15)14-7-5-4-6-8-14/h4-13H,3H2,1-2H3/b12-9+. The summed E-state index contributed by atoms with van der Waals surface area (Å²) < 4.78 is 10.2. The summed E-state index contributed by atoms with van der Waals surface area (Å²) in [6, 6.07) is 15.8. The van der Waals surface area contributed by atoms with Gasteiger partial charge in [-0.25, -0.2) is 4.79 Å². The van der Waals surface area contributed by atoms with Crippen LogP contribution in [0.1, 0.15) is 12.5 Å². The summed E-state index contributed by atoms with van der Waals surface area (Å²) in [7, 11) is 1.62. The summed E-state index contributed by atoms with van der Waals surface area (Å²) >= 11 is 0. The van der Waals surface area contributed by atoms with Crippen molar-refractivity contribution >= 4 is 12.0 Å². The zero-order valence-corrected chi connectivity index (χ0v) is 12.2. The van der Waals surface area contributed by atoms with Gasteiger partial charge in [-0.1, -0.05) is 36.4 Å². The van der Waals surface area contributed by atoms with Gasteiger partial charge in [-0.15, -0.1) is 0 Å². The highest BCUT2D eigenvalue weighted by atomic mass is 16.5. The summed E-state index contributed by atoms with van der Waals surface area (Å²) in [5.74, 6) is 0.400. The molecule has 0 heterocycles. The van der Waals surface area contributed by atoms with Crippen molar-refractivity contribution in [3.05, 3.63) is 60.2 Å². The van der Waals surface area contributed by atoms with Crippen molar-refractivity contribution in [3.8, 4) is 16.9 Å². The van der Waals surface area contributed by atoms with Crippen molar-refractivity contribution < 1.29 is 14.3 Å². The number of carbonyl (C=O) groups is 1. The van der Waals surface area contributed by atoms with Gasteiger partial charge in [0.15, 0.2) is 0 Å². The molecule has 0 saturated carbocycles. The predicted molar refractivity (Wildman–Crippen MR) is 84.1 cm³/mol. The first-order chi connectivity index (χ1) is 10.2. The zero-order chi connectivity index (χ0) is 15.1. The molecule has 0 fully saturated rings. The van der Waals surface area contributed by atoms with Gasteiger partial charge in [-0.2, -0.15) is 0 Å². The topological polar surface area (TPSA) is 35.5 Å². The Hall–Kier alpha value is -2.55. The molecule has 2 aromatic carbocycles. The maximum Gasteiger partial charge on any atom is 0.330 e. The van der Waals surface area contributed by atoms with E-state index in [9.17, 15) is 4.79 Å². The second kappa shape index (κ2) is 7.29. The third-order valence-corrected chi connectivity index (χ3v) is 3.03. The first kappa shape index (κ1) is 14.9. The lowest BCUT2D eigenvalue weighted by Crippen LogP contribution is -1.98. The van der Waals surface area contributed by atoms with Crippen molar-refractivity contribution in [1.29, 1.82) is 0 Å². The van der Waals surface area contributed by atoms with Gasteiger partial charge in [0.1, 0.15) is 5.75 Å². The van der Waals surface area contributed by atoms with Crippen LogP contribution in [-0.4, -0.2) is 19.7 Å². The molecule has 0 aliphatic rings. The highest BCUT2D eigenvalue weighted by Gasteiger charge is 2.05. The van der Waals surface area contributed by atoms with Crippen LogP contribution in [0.15, 0.2) is 54.6 Å². The highest BCUT2D eigenvalue weighted by molar-refractivity contribution is 5.89. The molecule has 108 valence electrons. The molecule has 3 nitrogen and oxygen atoms in total. The predicted octanol–water partition coefficient (Wildman–Crippen LogP) is 3.94. The molecule has 21 heavy (non-hydrogen) atoms. The van der Waals surface area contributed by atoms with Crippen LogP contribution in [-0.2, 0) is 9.53 Å². The molecule has 0 radical (unpaired) electrons. The molecular weight excluding hydrogens is 264 g/mol. The lowest BCUT2D eigenvalue weighted by molar-refractivity contribution is -0.137. The fourth-order valence-electron chi connectivity index (χ4n) is 2.03. The Labute approximate surface area is 124 Å². The Morgan fingerprint density at radius 3 is 2.57 bits per heavy atom. The van der Waals surface area contributed by atoms with E-state index < -0.39 is 0 Å². The number of hydrogen-bond donors (Lipinski definition) is 0. The smallest absolute Gasteiger partial charge is 0.330 e. The van der Waals surface area contributed by atoms with Crippen LogP contribution < -0.4 is 4.74 Å². The van der Waals surface area contributed by atoms with Gasteiger partial charge in [-0.3, -0.25) is 0 Å². The van der Waals surface area contributed by atoms with Crippen LogP contribution in [0, 0.1) is 0 Å². The molecule has 0 saturated heterocycles. The van der Waals surface area contributed by atoms with Gasteiger partial charge in [0.25, 0.3) is 0 Å². The van der Waals surface area contributed by atoms with E-state index in [4.69, 9.17) is 9.47 Å². The van der Waals surface area contributed by atoms with E-state index >= 15 is 0 Å². The summed E-state index contributed by atoms with van der Waals surface area (Å²) in [6.07, 6.45) is 3.19. The summed E-state index contributed by atoms with van der Waals surface area (Å²) in [4.78, 5) is 11.5. The van der Waals surface area contributed by atoms with E-state index in [1.807, 2.05) is 48.5 Å². The minimum absolute atomic E-state index is 0.348. The Bertz CT molecular complexity index is 630. The number of methoxy groups -OCH3 is 1. The van der Waals surface area contributed by atoms with Gasteiger partial charge in [0.2, 0.25) is 0 Å². The van der Waals surface area contributed by atoms with E-state index in [2.05, 4.69) is 0 Å². The van der Waals surface area contributed by atoms with Crippen LogP contribution >= 0.6 is 0 Å². The van der Waals surface area contributed by atoms with Crippen molar-refractivity contribution in [2.45, 2.75) is 6.92 Å². The van der Waals surface area contributed by atoms with Crippen LogP contribution in [0.4, 0.5) is 0 Å². The zero-order valence-electron chi connectivity index (χ0n) is 12.2. The minimum Gasteiger partial charge on any atom is -0.497 e. The second-order valence-electron chi connectivity index (χ2n) is 4.40. The number of carbonyl (C=O) groups excluding carboxylic acids is 1. The maximum absolute atomic E-state index is 11.5. The van der Waals surface area contributed by atoms with E-state index in [-0.39, 0.29) is 5.97 Å². The molecule has 0 amide bonds. The van der Waals surface area contributed by atoms with E-state index in [0.29, 0.717) is 6.61 Å². The Morgan fingerprint density at radius 1 is 1.14 bits per heavy atom. The summed E-state index contributed by atoms with van der Waals surface area (Å²) in [5, 5.41) is 0. The Balaban J connectivity index is 2.39. The Kier molecular flexibility index (Phi) is 5.16. The Morgan fingerprint density at radius 2 is 1.90 bits per heavy atom. The second-order valence-corrected chi connectivity index (χ2v) is 4.40. The first-order valence-corrected chi connectivity index (χ1v) is 6.83. The van der Waals surface area contributed by atoms with Crippen LogP contribution in [0.2, 0.25) is 0 Å². The normalized spacial score (nSPS) is 10.6. The van der Waals surface area contributed by atoms with Crippen LogP contribution in [0.25, 0.3) is 17.2 Å². The van der Waals surface area contributed by atoms with Gasteiger partial charge >= 0.3 is 5.97 Å². The van der Waals surface area contributed by atoms with Gasteiger partial charge in [0.05, 0.1) is 13.7 Å². The monoisotopic (exact) mass is 282 g/mol. The lowest BCUT2D eigenvalue weighted by Gasteiger charge is -2.09. The molecule has 0 aliphatic carbocycles. The van der Waals surface area contributed by atoms with Crippen molar-refractivity contribution in [2.24, 2.45) is 0 Å². The third kappa shape index (κ3) is 3.96. The number of benzene rings is 2. The summed E-state index contributed by atoms with van der Waals surface area (Å²) in [5.41, 5.74) is 3.04. The summed E-state index contributed by atoms with van der Waals surface area (Å²) in [6.45, 7) is 2.15. The number of hydrogen-bond acceptors (Lipinski definition) is 3. The molecule has 0 unspecified atom stereocenters. The van der Waals surface area contributed by atoms with Crippen molar-refractivity contribution in [1.82, 2.24) is 0 Å². The van der Waals surface area contributed by atoms with E-state index in [1.165, 1.54) is 6.08 Å². The fourth-order valence-corrected chi connectivity index (χ4v) is 2.03. The molecular formula is C18H18O3. The minimum atomic E-state index is -0.348. The quantitative estimate of drug-likeness (QED) is 0.615. The SMILES string of the molecule is CCOC(=O)/C=C/c1cc(OC)ccc1-c1ccccc1. The van der Waals surface area contributed by atoms with Crippen LogP contribution in [0.5, 0.6) is 5.75 Å². The van der Waals surface area contributed by atoms with E-state index in [1.54, 1.807) is 20.1 Å².